The summed E-state index contributed by atoms with van der Waals surface area (Å²) in [4.78, 5) is 25.8. The highest BCUT2D eigenvalue weighted by molar-refractivity contribution is 5.11. The quantitative estimate of drug-likeness (QED) is 0.640. The zero-order valence-electron chi connectivity index (χ0n) is 13.6. The highest BCUT2D eigenvalue weighted by Gasteiger charge is 2.51. The molecule has 0 unspecified atom stereocenters. The molecule has 10 nitrogen and oxygen atoms in total. The molecule has 4 rings (SSSR count). The maximum Gasteiger partial charge on any atom is 0.330 e. The van der Waals surface area contributed by atoms with Crippen LogP contribution in [0, 0.1) is 6.92 Å². The number of aliphatic hydroxyl groups excluding tert-OH is 2. The molecule has 1 saturated carbocycles. The largest absolute Gasteiger partial charge is 0.391 e. The lowest BCUT2D eigenvalue weighted by Gasteiger charge is -2.29. The number of ether oxygens (including phenoxy) is 1. The van der Waals surface area contributed by atoms with Gasteiger partial charge in [0.2, 0.25) is 5.72 Å². The number of aliphatic hydroxyl groups is 2. The lowest BCUT2D eigenvalue weighted by Crippen LogP contribution is -2.46. The van der Waals surface area contributed by atoms with Crippen LogP contribution in [0.2, 0.25) is 0 Å². The van der Waals surface area contributed by atoms with E-state index in [1.165, 1.54) is 15.4 Å². The molecule has 0 radical (unpaired) electrons. The predicted molar refractivity (Wildman–Crippen MR) is 83.9 cm³/mol. The summed E-state index contributed by atoms with van der Waals surface area (Å²) in [6, 6.07) is 0. The Hall–Kier alpha value is -2.30. The minimum Gasteiger partial charge on any atom is -0.391 e. The molecule has 3 N–H and O–H groups in total. The van der Waals surface area contributed by atoms with Gasteiger partial charge < -0.3 is 14.9 Å². The van der Waals surface area contributed by atoms with Gasteiger partial charge in [0, 0.05) is 24.1 Å². The molecule has 3 heterocycles. The van der Waals surface area contributed by atoms with Crippen molar-refractivity contribution in [2.24, 2.45) is 0 Å². The lowest BCUT2D eigenvalue weighted by atomic mass is 10.1. The Balaban J connectivity index is 1.70. The van der Waals surface area contributed by atoms with Gasteiger partial charge in [0.05, 0.1) is 18.5 Å². The van der Waals surface area contributed by atoms with Crippen LogP contribution in [0.4, 0.5) is 0 Å². The van der Waals surface area contributed by atoms with Gasteiger partial charge in [0.15, 0.2) is 0 Å². The number of hydrogen-bond donors (Lipinski definition) is 3. The molecule has 1 aliphatic heterocycles. The van der Waals surface area contributed by atoms with Crippen LogP contribution in [0.25, 0.3) is 0 Å². The Kier molecular flexibility index (Phi) is 3.63. The van der Waals surface area contributed by atoms with Crippen molar-refractivity contribution in [1.82, 2.24) is 24.5 Å². The highest BCUT2D eigenvalue weighted by Crippen LogP contribution is 2.42. The molecule has 1 aliphatic carbocycles. The minimum atomic E-state index is -1.52. The van der Waals surface area contributed by atoms with Crippen molar-refractivity contribution in [3.8, 4) is 0 Å². The average molecular weight is 349 g/mol. The molecule has 0 aromatic carbocycles. The summed E-state index contributed by atoms with van der Waals surface area (Å²) in [6.45, 7) is 1.04. The van der Waals surface area contributed by atoms with Crippen molar-refractivity contribution in [2.75, 3.05) is 6.61 Å². The van der Waals surface area contributed by atoms with Gasteiger partial charge in [-0.1, -0.05) is 5.21 Å². The number of aryl methyl sites for hydroxylation is 1. The smallest absolute Gasteiger partial charge is 0.330 e. The van der Waals surface area contributed by atoms with Gasteiger partial charge in [-0.2, -0.15) is 0 Å². The number of aromatic amines is 1. The fraction of sp³-hybridized carbons (Fsp3) is 0.600. The van der Waals surface area contributed by atoms with Crippen molar-refractivity contribution < 1.29 is 14.9 Å². The molecule has 0 bridgehead atoms. The summed E-state index contributed by atoms with van der Waals surface area (Å²) in [6.07, 6.45) is 3.24. The third-order valence-electron chi connectivity index (χ3n) is 4.86. The summed E-state index contributed by atoms with van der Waals surface area (Å²) >= 11 is 0. The van der Waals surface area contributed by atoms with E-state index < -0.39 is 35.9 Å². The van der Waals surface area contributed by atoms with Crippen LogP contribution in [0.5, 0.6) is 0 Å². The number of hydrogen-bond acceptors (Lipinski definition) is 7. The molecule has 2 fully saturated rings. The van der Waals surface area contributed by atoms with Crippen LogP contribution in [0.15, 0.2) is 22.0 Å². The number of aromatic nitrogens is 5. The molecular formula is C15H19N5O5. The van der Waals surface area contributed by atoms with Gasteiger partial charge in [-0.05, 0) is 19.8 Å². The molecule has 2 aromatic rings. The highest BCUT2D eigenvalue weighted by atomic mass is 16.6. The van der Waals surface area contributed by atoms with Gasteiger partial charge in [0.1, 0.15) is 12.3 Å². The Morgan fingerprint density at radius 2 is 2.16 bits per heavy atom. The first kappa shape index (κ1) is 16.2. The van der Waals surface area contributed by atoms with E-state index in [0.717, 1.165) is 18.5 Å². The molecule has 25 heavy (non-hydrogen) atoms. The molecule has 0 spiro atoms. The van der Waals surface area contributed by atoms with Crippen LogP contribution in [0.3, 0.4) is 0 Å². The summed E-state index contributed by atoms with van der Waals surface area (Å²) in [5.41, 5.74) is -1.49. The maximum atomic E-state index is 12.1. The molecule has 0 amide bonds. The predicted octanol–water partition coefficient (Wildman–Crippen LogP) is -1.06. The molecule has 1 saturated heterocycles. The summed E-state index contributed by atoms with van der Waals surface area (Å²) in [5.74, 6) is 0.364. The second-order valence-corrected chi connectivity index (χ2v) is 6.67. The first-order valence-electron chi connectivity index (χ1n) is 8.16. The first-order chi connectivity index (χ1) is 11.9. The van der Waals surface area contributed by atoms with Gasteiger partial charge >= 0.3 is 5.69 Å². The number of H-pyrrole nitrogens is 1. The SMILES string of the molecule is Cc1cn([C@H]2C[C@H](O)[C@](CO)(n3cc(C4CC4)nn3)O2)c(=O)[nH]c1=O. The zero-order valence-corrected chi connectivity index (χ0v) is 13.6. The topological polar surface area (TPSA) is 135 Å². The third-order valence-corrected chi connectivity index (χ3v) is 4.86. The van der Waals surface area contributed by atoms with E-state index in [0.29, 0.717) is 11.5 Å². The van der Waals surface area contributed by atoms with Gasteiger partial charge in [-0.25, -0.2) is 9.48 Å². The summed E-state index contributed by atoms with van der Waals surface area (Å²) in [5, 5.41) is 28.6. The second-order valence-electron chi connectivity index (χ2n) is 6.67. The summed E-state index contributed by atoms with van der Waals surface area (Å²) < 4.78 is 8.41. The van der Waals surface area contributed by atoms with Gasteiger partial charge in [-0.15, -0.1) is 5.10 Å². The average Bonchev–Trinajstić information content (AvgIpc) is 3.21. The molecular weight excluding hydrogens is 330 g/mol. The number of rotatable bonds is 4. The second kappa shape index (κ2) is 5.61. The van der Waals surface area contributed by atoms with Crippen molar-refractivity contribution in [3.05, 3.63) is 44.5 Å². The molecule has 10 heteroatoms. The van der Waals surface area contributed by atoms with E-state index in [9.17, 15) is 19.8 Å². The normalized spacial score (nSPS) is 29.2. The standard InChI is InChI=1S/C15H19N5O5/c1-8-5-19(14(24)16-13(8)23)12-4-11(22)15(7-21,25-12)20-6-10(17-18-20)9-2-3-9/h5-6,9,11-12,21-22H,2-4,7H2,1H3,(H,16,23,24)/t11-,12+,15+/m0/s1. The molecule has 3 atom stereocenters. The zero-order chi connectivity index (χ0) is 17.8. The lowest BCUT2D eigenvalue weighted by molar-refractivity contribution is -0.187. The van der Waals surface area contributed by atoms with Crippen molar-refractivity contribution >= 4 is 0 Å². The fourth-order valence-electron chi connectivity index (χ4n) is 3.16. The molecule has 2 aliphatic rings. The monoisotopic (exact) mass is 349 g/mol. The van der Waals surface area contributed by atoms with Crippen molar-refractivity contribution in [2.45, 2.75) is 50.2 Å². The van der Waals surface area contributed by atoms with E-state index >= 15 is 0 Å². The van der Waals surface area contributed by atoms with Crippen LogP contribution in [0.1, 0.15) is 42.7 Å². The van der Waals surface area contributed by atoms with E-state index in [-0.39, 0.29) is 6.42 Å². The number of nitrogens with one attached hydrogen (secondary N) is 1. The van der Waals surface area contributed by atoms with E-state index in [4.69, 9.17) is 4.74 Å². The minimum absolute atomic E-state index is 0.0601. The van der Waals surface area contributed by atoms with Crippen LogP contribution >= 0.6 is 0 Å². The molecule has 2 aromatic heterocycles. The Bertz CT molecular complexity index is 914. The number of nitrogens with zero attached hydrogens (tertiary/aromatic N) is 4. The van der Waals surface area contributed by atoms with E-state index in [1.807, 2.05) is 0 Å². The van der Waals surface area contributed by atoms with Gasteiger partial charge in [0.25, 0.3) is 5.56 Å². The summed E-state index contributed by atoms with van der Waals surface area (Å²) in [7, 11) is 0. The van der Waals surface area contributed by atoms with Crippen molar-refractivity contribution in [1.29, 1.82) is 0 Å². The van der Waals surface area contributed by atoms with Gasteiger partial charge in [-0.3, -0.25) is 14.3 Å². The van der Waals surface area contributed by atoms with E-state index in [2.05, 4.69) is 15.3 Å². The van der Waals surface area contributed by atoms with Crippen LogP contribution in [-0.2, 0) is 10.5 Å². The van der Waals surface area contributed by atoms with E-state index in [1.54, 1.807) is 13.1 Å². The van der Waals surface area contributed by atoms with Crippen LogP contribution in [-0.4, -0.2) is 47.5 Å². The first-order valence-corrected chi connectivity index (χ1v) is 8.16. The Morgan fingerprint density at radius 1 is 1.40 bits per heavy atom. The Morgan fingerprint density at radius 3 is 2.84 bits per heavy atom. The Labute approximate surface area is 141 Å². The maximum absolute atomic E-state index is 12.1. The molecule has 134 valence electrons. The third kappa shape index (κ3) is 2.53. The fourth-order valence-corrected chi connectivity index (χ4v) is 3.16. The van der Waals surface area contributed by atoms with Crippen LogP contribution < -0.4 is 11.2 Å². The van der Waals surface area contributed by atoms with Crippen molar-refractivity contribution in [3.63, 3.8) is 0 Å².